The summed E-state index contributed by atoms with van der Waals surface area (Å²) in [5, 5.41) is 4.11. The van der Waals surface area contributed by atoms with Gasteiger partial charge < -0.3 is 0 Å². The first kappa shape index (κ1) is 9.48. The lowest BCUT2D eigenvalue weighted by molar-refractivity contribution is 0.714. The Hall–Kier alpha value is -1.07. The lowest BCUT2D eigenvalue weighted by Gasteiger charge is -1.92. The lowest BCUT2D eigenvalue weighted by atomic mass is 10.4. The second kappa shape index (κ2) is 3.25. The van der Waals surface area contributed by atoms with Crippen LogP contribution < -0.4 is 5.69 Å². The van der Waals surface area contributed by atoms with Crippen molar-refractivity contribution < 1.29 is 0 Å². The Balaban J connectivity index is 2.63. The summed E-state index contributed by atoms with van der Waals surface area (Å²) in [7, 11) is 3.32. The Kier molecular flexibility index (Phi) is 2.20. The van der Waals surface area contributed by atoms with Crippen molar-refractivity contribution in [3.05, 3.63) is 27.0 Å². The Labute approximate surface area is 89.4 Å². The van der Waals surface area contributed by atoms with Crippen LogP contribution in [0.2, 0.25) is 4.34 Å². The average molecular weight is 230 g/mol. The molecule has 0 saturated carbocycles. The minimum absolute atomic E-state index is 0.135. The molecule has 0 radical (unpaired) electrons. The molecule has 0 aliphatic rings. The molecule has 0 aliphatic carbocycles. The highest BCUT2D eigenvalue weighted by atomic mass is 35.5. The van der Waals surface area contributed by atoms with E-state index in [1.165, 1.54) is 20.6 Å². The van der Waals surface area contributed by atoms with Crippen molar-refractivity contribution in [3.8, 4) is 10.7 Å². The molecule has 0 saturated heterocycles. The Morgan fingerprint density at radius 2 is 2.14 bits per heavy atom. The molecule has 4 nitrogen and oxygen atoms in total. The summed E-state index contributed by atoms with van der Waals surface area (Å²) < 4.78 is 3.50. The summed E-state index contributed by atoms with van der Waals surface area (Å²) in [4.78, 5) is 12.3. The first-order valence-electron chi connectivity index (χ1n) is 3.95. The normalized spacial score (nSPS) is 10.8. The van der Waals surface area contributed by atoms with E-state index >= 15 is 0 Å². The van der Waals surface area contributed by atoms with Crippen molar-refractivity contribution in [1.29, 1.82) is 0 Å². The second-order valence-electron chi connectivity index (χ2n) is 2.89. The summed E-state index contributed by atoms with van der Waals surface area (Å²) in [6.45, 7) is 0. The molecule has 0 unspecified atom stereocenters. The quantitative estimate of drug-likeness (QED) is 0.744. The minimum atomic E-state index is -0.135. The summed E-state index contributed by atoms with van der Waals surface area (Å²) in [6, 6.07) is 3.65. The molecule has 6 heteroatoms. The van der Waals surface area contributed by atoms with Crippen molar-refractivity contribution in [2.75, 3.05) is 0 Å². The molecule has 2 heterocycles. The van der Waals surface area contributed by atoms with Gasteiger partial charge >= 0.3 is 5.69 Å². The number of nitrogens with zero attached hydrogens (tertiary/aromatic N) is 3. The zero-order valence-electron chi connectivity index (χ0n) is 7.69. The number of aromatic nitrogens is 3. The number of thiophene rings is 1. The molecule has 2 aromatic heterocycles. The number of aryl methyl sites for hydroxylation is 1. The topological polar surface area (TPSA) is 39.8 Å². The van der Waals surface area contributed by atoms with Crippen molar-refractivity contribution in [1.82, 2.24) is 14.3 Å². The van der Waals surface area contributed by atoms with Crippen LogP contribution >= 0.6 is 22.9 Å². The van der Waals surface area contributed by atoms with Gasteiger partial charge in [0, 0.05) is 14.1 Å². The highest BCUT2D eigenvalue weighted by Gasteiger charge is 2.11. The minimum Gasteiger partial charge on any atom is -0.277 e. The lowest BCUT2D eigenvalue weighted by Crippen LogP contribution is -2.20. The average Bonchev–Trinajstić information content (AvgIpc) is 2.66. The second-order valence-corrected chi connectivity index (χ2v) is 4.61. The SMILES string of the molecule is Cn1nc(-c2ccc(Cl)s2)n(C)c1=O. The monoisotopic (exact) mass is 229 g/mol. The van der Waals surface area contributed by atoms with Crippen LogP contribution in [0.5, 0.6) is 0 Å². The summed E-state index contributed by atoms with van der Waals surface area (Å²) in [5.41, 5.74) is -0.135. The van der Waals surface area contributed by atoms with E-state index in [1.807, 2.05) is 6.07 Å². The predicted octanol–water partition coefficient (Wildman–Crippen LogP) is 1.50. The van der Waals surface area contributed by atoms with Crippen LogP contribution in [-0.4, -0.2) is 14.3 Å². The Bertz CT molecular complexity index is 525. The zero-order valence-corrected chi connectivity index (χ0v) is 9.26. The van der Waals surface area contributed by atoms with Crippen molar-refractivity contribution >= 4 is 22.9 Å². The fourth-order valence-electron chi connectivity index (χ4n) is 1.21. The molecule has 0 spiro atoms. The van der Waals surface area contributed by atoms with Crippen LogP contribution in [0, 0.1) is 0 Å². The molecule has 0 fully saturated rings. The van der Waals surface area contributed by atoms with Crippen LogP contribution in [0.1, 0.15) is 0 Å². The van der Waals surface area contributed by atoms with E-state index < -0.39 is 0 Å². The fourth-order valence-corrected chi connectivity index (χ4v) is 2.27. The largest absolute Gasteiger partial charge is 0.345 e. The van der Waals surface area contributed by atoms with E-state index in [1.54, 1.807) is 20.2 Å². The highest BCUT2D eigenvalue weighted by Crippen LogP contribution is 2.28. The number of hydrogen-bond acceptors (Lipinski definition) is 3. The van der Waals surface area contributed by atoms with Crippen molar-refractivity contribution in [3.63, 3.8) is 0 Å². The van der Waals surface area contributed by atoms with Crippen molar-refractivity contribution in [2.24, 2.45) is 14.1 Å². The van der Waals surface area contributed by atoms with Crippen LogP contribution in [0.15, 0.2) is 16.9 Å². The number of hydrogen-bond donors (Lipinski definition) is 0. The van der Waals surface area contributed by atoms with Gasteiger partial charge in [0.15, 0.2) is 5.82 Å². The van der Waals surface area contributed by atoms with E-state index in [9.17, 15) is 4.79 Å². The van der Waals surface area contributed by atoms with Crippen LogP contribution in [0.25, 0.3) is 10.7 Å². The Morgan fingerprint density at radius 3 is 2.57 bits per heavy atom. The molecule has 0 aromatic carbocycles. The predicted molar refractivity (Wildman–Crippen MR) is 56.8 cm³/mol. The van der Waals surface area contributed by atoms with Gasteiger partial charge in [-0.05, 0) is 12.1 Å². The maximum absolute atomic E-state index is 11.4. The number of halogens is 1. The van der Waals surface area contributed by atoms with Gasteiger partial charge in [0.25, 0.3) is 0 Å². The maximum Gasteiger partial charge on any atom is 0.345 e. The van der Waals surface area contributed by atoms with Gasteiger partial charge in [0.1, 0.15) is 0 Å². The third kappa shape index (κ3) is 1.38. The smallest absolute Gasteiger partial charge is 0.277 e. The van der Waals surface area contributed by atoms with E-state index in [0.29, 0.717) is 10.2 Å². The van der Waals surface area contributed by atoms with Gasteiger partial charge in [-0.25, -0.2) is 9.48 Å². The molecule has 0 N–H and O–H groups in total. The van der Waals surface area contributed by atoms with Gasteiger partial charge in [-0.1, -0.05) is 11.6 Å². The van der Waals surface area contributed by atoms with E-state index in [4.69, 9.17) is 11.6 Å². The van der Waals surface area contributed by atoms with E-state index in [-0.39, 0.29) is 5.69 Å². The Morgan fingerprint density at radius 1 is 1.43 bits per heavy atom. The van der Waals surface area contributed by atoms with E-state index in [2.05, 4.69) is 5.10 Å². The summed E-state index contributed by atoms with van der Waals surface area (Å²) >= 11 is 7.21. The number of rotatable bonds is 1. The molecule has 0 amide bonds. The standard InChI is InChI=1S/C8H8ClN3OS/c1-11-7(10-12(2)8(11)13)5-3-4-6(9)14-5/h3-4H,1-2H3. The first-order chi connectivity index (χ1) is 6.59. The van der Waals surface area contributed by atoms with Crippen LogP contribution in [0.3, 0.4) is 0 Å². The van der Waals surface area contributed by atoms with Gasteiger partial charge in [0.05, 0.1) is 9.21 Å². The van der Waals surface area contributed by atoms with Gasteiger partial charge in [-0.2, -0.15) is 0 Å². The fraction of sp³-hybridized carbons (Fsp3) is 0.250. The highest BCUT2D eigenvalue weighted by molar-refractivity contribution is 7.19. The van der Waals surface area contributed by atoms with Crippen LogP contribution in [0.4, 0.5) is 0 Å². The summed E-state index contributed by atoms with van der Waals surface area (Å²) in [5.74, 6) is 0.648. The zero-order chi connectivity index (χ0) is 10.3. The van der Waals surface area contributed by atoms with Gasteiger partial charge in [-0.15, -0.1) is 16.4 Å². The third-order valence-electron chi connectivity index (χ3n) is 1.92. The molecule has 2 rings (SSSR count). The first-order valence-corrected chi connectivity index (χ1v) is 5.15. The van der Waals surface area contributed by atoms with E-state index in [0.717, 1.165) is 4.88 Å². The van der Waals surface area contributed by atoms with Crippen molar-refractivity contribution in [2.45, 2.75) is 0 Å². The molecule has 0 aliphatic heterocycles. The molecule has 0 bridgehead atoms. The molecule has 0 atom stereocenters. The molecule has 14 heavy (non-hydrogen) atoms. The van der Waals surface area contributed by atoms with Gasteiger partial charge in [0.2, 0.25) is 0 Å². The molecule has 74 valence electrons. The molecule has 2 aromatic rings. The molecular formula is C8H8ClN3OS. The maximum atomic E-state index is 11.4. The summed E-state index contributed by atoms with van der Waals surface area (Å²) in [6.07, 6.45) is 0. The molecular weight excluding hydrogens is 222 g/mol. The van der Waals surface area contributed by atoms with Gasteiger partial charge in [-0.3, -0.25) is 4.57 Å². The third-order valence-corrected chi connectivity index (χ3v) is 3.15. The van der Waals surface area contributed by atoms with Crippen LogP contribution in [-0.2, 0) is 14.1 Å².